The Morgan fingerprint density at radius 2 is 1.25 bits per heavy atom. The second kappa shape index (κ2) is 19.9. The molecular weight excluding hydrogens is 857 g/mol. The van der Waals surface area contributed by atoms with Crippen LogP contribution in [0.2, 0.25) is 0 Å². The van der Waals surface area contributed by atoms with Crippen molar-refractivity contribution in [3.8, 4) is 0 Å². The van der Waals surface area contributed by atoms with Crippen molar-refractivity contribution < 1.29 is 63.2 Å². The van der Waals surface area contributed by atoms with Crippen LogP contribution in [0.5, 0.6) is 0 Å². The third-order valence-electron chi connectivity index (χ3n) is 7.54. The topological polar surface area (TPSA) is 253 Å². The maximum atomic E-state index is 13.3. The molecule has 0 radical (unpaired) electrons. The van der Waals surface area contributed by atoms with Gasteiger partial charge in [0.2, 0.25) is 24.0 Å². The van der Waals surface area contributed by atoms with Crippen LogP contribution in [0.3, 0.4) is 0 Å². The van der Waals surface area contributed by atoms with Crippen LogP contribution in [0.25, 0.3) is 0 Å². The molecule has 61 heavy (non-hydrogen) atoms. The van der Waals surface area contributed by atoms with Crippen molar-refractivity contribution in [3.05, 3.63) is 83.9 Å². The van der Waals surface area contributed by atoms with Gasteiger partial charge in [-0.1, -0.05) is 0 Å². The molecule has 0 atom stereocenters. The molecule has 0 saturated carbocycles. The van der Waals surface area contributed by atoms with Crippen LogP contribution in [-0.2, 0) is 55.3 Å². The first-order chi connectivity index (χ1) is 27.8. The molecule has 4 amide bonds. The van der Waals surface area contributed by atoms with Gasteiger partial charge in [-0.15, -0.1) is 0 Å². The van der Waals surface area contributed by atoms with Gasteiger partial charge in [-0.05, 0) is 34.6 Å². The Labute approximate surface area is 341 Å². The molecule has 342 valence electrons. The Bertz CT molecular complexity index is 2310. The van der Waals surface area contributed by atoms with Gasteiger partial charge in [0.1, 0.15) is 50.8 Å². The van der Waals surface area contributed by atoms with Gasteiger partial charge in [0.15, 0.2) is 0 Å². The van der Waals surface area contributed by atoms with Crippen molar-refractivity contribution >= 4 is 37.6 Å². The summed E-state index contributed by atoms with van der Waals surface area (Å²) in [5.41, 5.74) is -3.33. The first-order valence-corrected chi connectivity index (χ1v) is 19.9. The summed E-state index contributed by atoms with van der Waals surface area (Å²) in [6, 6.07) is 0. The standard InChI is InChI=1S/C33H46N10O11.F6P/c1-22-15-42(30(50)36-28(22)48)18-25(45)40(10-8-35-32(52)54-33(3,4)5)17-24(44)34-7-9-41(20-27(47)53-14-13-39-12-11-38(6)21-39)26(46)19-43-16-23(2)29(49)37-31(43)51;1-7(2,3,4,5)6/h11-12,15-16,21H,7-10,13-14,17-20H2,1-6H3,(H3-,34,35,36,37,44,48,49,50,51,52);/q;-1/p+1. The number of H-pyrrole nitrogens is 2. The van der Waals surface area contributed by atoms with Gasteiger partial charge in [0.05, 0.1) is 13.6 Å². The van der Waals surface area contributed by atoms with E-state index in [1.807, 2.05) is 17.8 Å². The zero-order valence-corrected chi connectivity index (χ0v) is 34.7. The van der Waals surface area contributed by atoms with E-state index in [-0.39, 0.29) is 43.9 Å². The number of carbonyl (C=O) groups is 5. The number of ether oxygens (including phenoxy) is 2. The molecule has 0 aliphatic heterocycles. The molecule has 0 saturated heterocycles. The average molecular weight is 905 g/mol. The van der Waals surface area contributed by atoms with Crippen molar-refractivity contribution in [3.63, 3.8) is 0 Å². The molecule has 0 bridgehead atoms. The van der Waals surface area contributed by atoms with Crippen LogP contribution >= 0.6 is 7.81 Å². The van der Waals surface area contributed by atoms with Crippen LogP contribution in [0.15, 0.2) is 50.3 Å². The number of aromatic nitrogens is 6. The number of amides is 4. The fourth-order valence-electron chi connectivity index (χ4n) is 4.81. The molecule has 28 heteroatoms. The monoisotopic (exact) mass is 904 g/mol. The summed E-state index contributed by atoms with van der Waals surface area (Å²) in [6.07, 6.45) is 7.03. The molecule has 0 aliphatic carbocycles. The van der Waals surface area contributed by atoms with E-state index in [1.165, 1.54) is 26.2 Å². The maximum absolute atomic E-state index is 13.3. The fraction of sp³-hybridized carbons (Fsp3) is 0.515. The summed E-state index contributed by atoms with van der Waals surface area (Å²) in [4.78, 5) is 119. The Balaban J connectivity index is 0.00000168. The minimum absolute atomic E-state index is 0.00224. The van der Waals surface area contributed by atoms with Gasteiger partial charge < -0.3 is 29.9 Å². The zero-order chi connectivity index (χ0) is 46.6. The van der Waals surface area contributed by atoms with E-state index in [4.69, 9.17) is 9.47 Å². The Kier molecular flexibility index (Phi) is 16.6. The van der Waals surface area contributed by atoms with E-state index >= 15 is 0 Å². The quantitative estimate of drug-likeness (QED) is 0.0619. The number of imidazole rings is 1. The third-order valence-corrected chi connectivity index (χ3v) is 7.54. The first kappa shape index (κ1) is 50.9. The summed E-state index contributed by atoms with van der Waals surface area (Å²) in [6.45, 7) is 5.42. The van der Waals surface area contributed by atoms with Gasteiger partial charge in [-0.2, -0.15) is 0 Å². The summed E-state index contributed by atoms with van der Waals surface area (Å²) >= 11 is 0. The number of carbonyl (C=O) groups excluding carboxylic acids is 5. The van der Waals surface area contributed by atoms with Crippen molar-refractivity contribution in [2.45, 2.75) is 59.9 Å². The first-order valence-electron chi connectivity index (χ1n) is 17.9. The van der Waals surface area contributed by atoms with Crippen LogP contribution < -0.4 is 37.7 Å². The molecule has 0 aromatic carbocycles. The van der Waals surface area contributed by atoms with Gasteiger partial charge >= 0.3 is 56.4 Å². The molecule has 4 N–H and O–H groups in total. The minimum atomic E-state index is -10.7. The molecular formula is C33H47F6N10O11P. The van der Waals surface area contributed by atoms with Gasteiger partial charge in [-0.25, -0.2) is 23.5 Å². The number of esters is 1. The number of aryl methyl sites for hydroxylation is 3. The second-order valence-electron chi connectivity index (χ2n) is 14.3. The fourth-order valence-corrected chi connectivity index (χ4v) is 4.81. The number of hydrogen-bond donors (Lipinski definition) is 4. The number of nitrogens with zero attached hydrogens (tertiary/aromatic N) is 6. The molecule has 3 aromatic rings. The van der Waals surface area contributed by atoms with E-state index < -0.39 is 91.9 Å². The van der Waals surface area contributed by atoms with Crippen molar-refractivity contribution in [1.82, 2.24) is 44.1 Å². The van der Waals surface area contributed by atoms with E-state index in [0.29, 0.717) is 6.54 Å². The number of nitrogens with one attached hydrogen (secondary N) is 4. The Hall–Kier alpha value is -6.27. The molecule has 3 aromatic heterocycles. The summed E-state index contributed by atoms with van der Waals surface area (Å²) < 4.78 is 75.3. The second-order valence-corrected chi connectivity index (χ2v) is 16.2. The molecule has 0 aliphatic rings. The molecule has 3 rings (SSSR count). The number of hydrogen-bond acceptors (Lipinski definition) is 11. The van der Waals surface area contributed by atoms with Crippen molar-refractivity contribution in [1.29, 1.82) is 0 Å². The van der Waals surface area contributed by atoms with Crippen LogP contribution in [0.4, 0.5) is 30.0 Å². The molecule has 3 heterocycles. The summed E-state index contributed by atoms with van der Waals surface area (Å²) in [5, 5.41) is 5.08. The number of alkyl carbamates (subject to hydrolysis) is 1. The predicted octanol–water partition coefficient (Wildman–Crippen LogP) is 0.254. The van der Waals surface area contributed by atoms with Gasteiger partial charge in [0.25, 0.3) is 11.1 Å². The molecule has 21 nitrogen and oxygen atoms in total. The summed E-state index contributed by atoms with van der Waals surface area (Å²) in [5.74, 6) is -2.83. The van der Waals surface area contributed by atoms with Gasteiger partial charge in [-0.3, -0.25) is 47.9 Å². The van der Waals surface area contributed by atoms with Crippen molar-refractivity contribution in [2.24, 2.45) is 7.05 Å². The average Bonchev–Trinajstić information content (AvgIpc) is 3.50. The Morgan fingerprint density at radius 1 is 0.787 bits per heavy atom. The zero-order valence-electron chi connectivity index (χ0n) is 33.8. The number of aromatic amines is 2. The van der Waals surface area contributed by atoms with Crippen LogP contribution in [0, 0.1) is 13.8 Å². The van der Waals surface area contributed by atoms with E-state index in [2.05, 4.69) is 20.6 Å². The van der Waals surface area contributed by atoms with Crippen molar-refractivity contribution in [2.75, 3.05) is 45.9 Å². The number of halogens is 6. The SMILES string of the molecule is Cc1cn(CC(=O)N(CCNC(=O)OC(C)(C)C)CC(=O)NCCN(CC(=O)OCCn2cc[n+](C)c2)C(=O)Cn2cc(C)c(=O)[nH]c2=O)c(=O)[nH]c1=O.F[P-](F)(F)(F)(F)F. The number of rotatable bonds is 17. The van der Waals surface area contributed by atoms with Crippen LogP contribution in [-0.4, -0.2) is 115 Å². The molecule has 0 fully saturated rings. The predicted molar refractivity (Wildman–Crippen MR) is 203 cm³/mol. The van der Waals surface area contributed by atoms with Gasteiger partial charge in [0, 0.05) is 49.7 Å². The molecule has 0 unspecified atom stereocenters. The van der Waals surface area contributed by atoms with E-state index in [0.717, 1.165) is 18.9 Å². The van der Waals surface area contributed by atoms with E-state index in [1.54, 1.807) is 37.9 Å². The third kappa shape index (κ3) is 21.5. The normalized spacial score (nSPS) is 12.5. The van der Waals surface area contributed by atoms with Crippen LogP contribution in [0.1, 0.15) is 31.9 Å². The van der Waals surface area contributed by atoms with E-state index in [9.17, 15) is 68.3 Å². The Morgan fingerprint density at radius 3 is 1.69 bits per heavy atom. The summed E-state index contributed by atoms with van der Waals surface area (Å²) in [7, 11) is -8.83. The molecule has 0 spiro atoms.